The second kappa shape index (κ2) is 6.02. The first kappa shape index (κ1) is 14.7. The Balaban J connectivity index is 2.58. The van der Waals surface area contributed by atoms with Gasteiger partial charge >= 0.3 is 6.18 Å². The van der Waals surface area contributed by atoms with E-state index in [9.17, 15) is 13.2 Å². The molecule has 1 fully saturated rings. The SMILES string of the molecule is CCN(CC(F)(F)F)CC1(CN)CCCOC1. The Kier molecular flexibility index (Phi) is 5.22. The normalized spacial score (nSPS) is 26.5. The number of halogens is 3. The fraction of sp³-hybridized carbons (Fsp3) is 1.00. The smallest absolute Gasteiger partial charge is 0.381 e. The molecule has 0 amide bonds. The quantitative estimate of drug-likeness (QED) is 0.810. The van der Waals surface area contributed by atoms with E-state index in [2.05, 4.69) is 0 Å². The van der Waals surface area contributed by atoms with E-state index >= 15 is 0 Å². The molecule has 1 rings (SSSR count). The van der Waals surface area contributed by atoms with Gasteiger partial charge in [0, 0.05) is 25.1 Å². The second-order valence-corrected chi connectivity index (χ2v) is 4.78. The van der Waals surface area contributed by atoms with E-state index < -0.39 is 12.7 Å². The van der Waals surface area contributed by atoms with Crippen molar-refractivity contribution in [2.45, 2.75) is 25.9 Å². The zero-order valence-corrected chi connectivity index (χ0v) is 10.2. The summed E-state index contributed by atoms with van der Waals surface area (Å²) >= 11 is 0. The molecule has 1 unspecified atom stereocenters. The Morgan fingerprint density at radius 3 is 2.53 bits per heavy atom. The number of alkyl halides is 3. The maximum Gasteiger partial charge on any atom is 0.401 e. The van der Waals surface area contributed by atoms with E-state index in [1.807, 2.05) is 0 Å². The van der Waals surface area contributed by atoms with Gasteiger partial charge in [-0.25, -0.2) is 0 Å². The fourth-order valence-corrected chi connectivity index (χ4v) is 2.27. The van der Waals surface area contributed by atoms with Crippen LogP contribution in [0.2, 0.25) is 0 Å². The molecule has 1 aliphatic rings. The fourth-order valence-electron chi connectivity index (χ4n) is 2.27. The number of hydrogen-bond donors (Lipinski definition) is 1. The molecular weight excluding hydrogens is 233 g/mol. The molecule has 3 nitrogen and oxygen atoms in total. The van der Waals surface area contributed by atoms with E-state index in [-0.39, 0.29) is 5.41 Å². The molecule has 1 aliphatic heterocycles. The minimum absolute atomic E-state index is 0.306. The summed E-state index contributed by atoms with van der Waals surface area (Å²) in [5, 5.41) is 0. The van der Waals surface area contributed by atoms with Crippen LogP contribution in [-0.2, 0) is 4.74 Å². The summed E-state index contributed by atoms with van der Waals surface area (Å²) in [6.45, 7) is 3.14. The van der Waals surface area contributed by atoms with E-state index in [1.54, 1.807) is 6.92 Å². The molecule has 1 atom stereocenters. The monoisotopic (exact) mass is 254 g/mol. The van der Waals surface area contributed by atoms with Crippen LogP contribution >= 0.6 is 0 Å². The Morgan fingerprint density at radius 2 is 2.12 bits per heavy atom. The van der Waals surface area contributed by atoms with Gasteiger partial charge in [-0.15, -0.1) is 0 Å². The molecule has 0 bridgehead atoms. The van der Waals surface area contributed by atoms with Gasteiger partial charge in [-0.2, -0.15) is 13.2 Å². The van der Waals surface area contributed by atoms with E-state index in [1.165, 1.54) is 4.90 Å². The molecule has 102 valence electrons. The van der Waals surface area contributed by atoms with Crippen molar-refractivity contribution in [1.82, 2.24) is 4.90 Å². The van der Waals surface area contributed by atoms with Crippen molar-refractivity contribution in [3.63, 3.8) is 0 Å². The maximum absolute atomic E-state index is 12.4. The standard InChI is InChI=1S/C11H21F3N2O/c1-2-16(8-11(12,13)14)7-10(6-15)4-3-5-17-9-10/h2-9,15H2,1H3. The highest BCUT2D eigenvalue weighted by Crippen LogP contribution is 2.29. The molecule has 0 radical (unpaired) electrons. The topological polar surface area (TPSA) is 38.5 Å². The van der Waals surface area contributed by atoms with Crippen molar-refractivity contribution >= 4 is 0 Å². The van der Waals surface area contributed by atoms with Crippen LogP contribution in [0.1, 0.15) is 19.8 Å². The summed E-state index contributed by atoms with van der Waals surface area (Å²) in [4.78, 5) is 1.40. The molecule has 6 heteroatoms. The van der Waals surface area contributed by atoms with E-state index in [0.717, 1.165) is 12.8 Å². The van der Waals surface area contributed by atoms with Gasteiger partial charge in [0.2, 0.25) is 0 Å². The van der Waals surface area contributed by atoms with Crippen LogP contribution in [0.25, 0.3) is 0 Å². The van der Waals surface area contributed by atoms with Gasteiger partial charge in [-0.3, -0.25) is 4.90 Å². The maximum atomic E-state index is 12.4. The van der Waals surface area contributed by atoms with Gasteiger partial charge in [-0.1, -0.05) is 6.92 Å². The molecule has 0 aromatic carbocycles. The summed E-state index contributed by atoms with van der Waals surface area (Å²) in [6, 6.07) is 0. The van der Waals surface area contributed by atoms with Crippen molar-refractivity contribution in [2.24, 2.45) is 11.1 Å². The van der Waals surface area contributed by atoms with Gasteiger partial charge in [0.15, 0.2) is 0 Å². The predicted octanol–water partition coefficient (Wildman–Crippen LogP) is 1.63. The van der Waals surface area contributed by atoms with Crippen molar-refractivity contribution in [3.05, 3.63) is 0 Å². The lowest BCUT2D eigenvalue weighted by Crippen LogP contribution is -2.49. The molecule has 0 spiro atoms. The minimum Gasteiger partial charge on any atom is -0.381 e. The van der Waals surface area contributed by atoms with Crippen molar-refractivity contribution in [2.75, 3.05) is 39.4 Å². The number of nitrogens with two attached hydrogens (primary N) is 1. The van der Waals surface area contributed by atoms with Crippen LogP contribution < -0.4 is 5.73 Å². The molecule has 0 aromatic heterocycles. The Hall–Kier alpha value is -0.330. The van der Waals surface area contributed by atoms with Crippen LogP contribution in [0.15, 0.2) is 0 Å². The molecule has 0 saturated carbocycles. The van der Waals surface area contributed by atoms with Gasteiger partial charge < -0.3 is 10.5 Å². The third-order valence-corrected chi connectivity index (χ3v) is 3.25. The first-order chi connectivity index (χ1) is 7.91. The van der Waals surface area contributed by atoms with Gasteiger partial charge in [-0.05, 0) is 19.4 Å². The lowest BCUT2D eigenvalue weighted by Gasteiger charge is -2.40. The van der Waals surface area contributed by atoms with Crippen molar-refractivity contribution in [3.8, 4) is 0 Å². The van der Waals surface area contributed by atoms with Gasteiger partial charge in [0.25, 0.3) is 0 Å². The first-order valence-corrected chi connectivity index (χ1v) is 5.98. The predicted molar refractivity (Wildman–Crippen MR) is 59.7 cm³/mol. The summed E-state index contributed by atoms with van der Waals surface area (Å²) < 4.78 is 42.5. The third kappa shape index (κ3) is 4.81. The summed E-state index contributed by atoms with van der Waals surface area (Å²) in [5.74, 6) is 0. The Morgan fingerprint density at radius 1 is 1.41 bits per heavy atom. The van der Waals surface area contributed by atoms with Crippen molar-refractivity contribution < 1.29 is 17.9 Å². The largest absolute Gasteiger partial charge is 0.401 e. The Labute approximate surface area is 100 Å². The number of nitrogens with zero attached hydrogens (tertiary/aromatic N) is 1. The zero-order valence-electron chi connectivity index (χ0n) is 10.2. The third-order valence-electron chi connectivity index (χ3n) is 3.25. The summed E-state index contributed by atoms with van der Waals surface area (Å²) in [7, 11) is 0. The van der Waals surface area contributed by atoms with Crippen LogP contribution in [0, 0.1) is 5.41 Å². The van der Waals surface area contributed by atoms with E-state index in [0.29, 0.717) is 32.8 Å². The highest BCUT2D eigenvalue weighted by atomic mass is 19.4. The molecule has 1 heterocycles. The lowest BCUT2D eigenvalue weighted by molar-refractivity contribution is -0.151. The summed E-state index contributed by atoms with van der Waals surface area (Å²) in [5.41, 5.74) is 5.41. The highest BCUT2D eigenvalue weighted by molar-refractivity contribution is 4.86. The molecule has 2 N–H and O–H groups in total. The summed E-state index contributed by atoms with van der Waals surface area (Å²) in [6.07, 6.45) is -2.43. The zero-order chi connectivity index (χ0) is 12.9. The molecular formula is C11H21F3N2O. The second-order valence-electron chi connectivity index (χ2n) is 4.78. The van der Waals surface area contributed by atoms with Crippen LogP contribution in [0.5, 0.6) is 0 Å². The van der Waals surface area contributed by atoms with Crippen LogP contribution in [0.3, 0.4) is 0 Å². The first-order valence-electron chi connectivity index (χ1n) is 5.98. The number of rotatable bonds is 5. The van der Waals surface area contributed by atoms with Crippen molar-refractivity contribution in [1.29, 1.82) is 0 Å². The van der Waals surface area contributed by atoms with Gasteiger partial charge in [0.05, 0.1) is 13.2 Å². The number of hydrogen-bond acceptors (Lipinski definition) is 3. The Bertz CT molecular complexity index is 227. The van der Waals surface area contributed by atoms with E-state index in [4.69, 9.17) is 10.5 Å². The number of ether oxygens (including phenoxy) is 1. The highest BCUT2D eigenvalue weighted by Gasteiger charge is 2.37. The van der Waals surface area contributed by atoms with Crippen LogP contribution in [0.4, 0.5) is 13.2 Å². The molecule has 1 saturated heterocycles. The molecule has 0 aromatic rings. The molecule has 17 heavy (non-hydrogen) atoms. The van der Waals surface area contributed by atoms with Gasteiger partial charge in [0.1, 0.15) is 0 Å². The minimum atomic E-state index is -4.15. The van der Waals surface area contributed by atoms with Crippen LogP contribution in [-0.4, -0.2) is 50.5 Å². The molecule has 0 aliphatic carbocycles. The average Bonchev–Trinajstić information content (AvgIpc) is 2.27. The lowest BCUT2D eigenvalue weighted by atomic mass is 9.82. The average molecular weight is 254 g/mol.